The van der Waals surface area contributed by atoms with Crippen molar-refractivity contribution in [1.82, 2.24) is 5.32 Å². The first-order chi connectivity index (χ1) is 7.69. The largest absolute Gasteiger partial charge is 0.480 e. The summed E-state index contributed by atoms with van der Waals surface area (Å²) in [4.78, 5) is 23.5. The molecule has 0 heterocycles. The van der Waals surface area contributed by atoms with E-state index in [9.17, 15) is 9.59 Å². The van der Waals surface area contributed by atoms with Crippen LogP contribution in [0.2, 0.25) is 44.4 Å². The van der Waals surface area contributed by atoms with Gasteiger partial charge in [-0.15, -0.1) is 0 Å². The number of carboxylic acid groups (broad SMARTS) is 1. The zero-order valence-electron chi connectivity index (χ0n) is 12.8. The molecule has 0 bridgehead atoms. The van der Waals surface area contributed by atoms with Crippen LogP contribution >= 0.6 is 0 Å². The van der Waals surface area contributed by atoms with E-state index in [1.54, 1.807) is 0 Å². The molecule has 0 aromatic rings. The van der Waals surface area contributed by atoms with E-state index in [1.807, 2.05) is 0 Å². The van der Waals surface area contributed by atoms with Crippen LogP contribution < -0.4 is 5.32 Å². The second-order valence-electron chi connectivity index (χ2n) is 7.58. The molecule has 2 N–H and O–H groups in total. The van der Waals surface area contributed by atoms with Gasteiger partial charge in [-0.2, -0.15) is 0 Å². The van der Waals surface area contributed by atoms with Gasteiger partial charge in [-0.05, 0) is 13.8 Å². The number of hydrogen-bond donors (Lipinski definition) is 2. The van der Waals surface area contributed by atoms with Gasteiger partial charge in [-0.1, -0.05) is 39.3 Å². The Morgan fingerprint density at radius 1 is 1.00 bits per heavy atom. The van der Waals surface area contributed by atoms with Crippen LogP contribution in [0.3, 0.4) is 0 Å². The molecular formula is C12H27NO3Si2. The molecule has 0 rings (SSSR count). The van der Waals surface area contributed by atoms with Gasteiger partial charge in [0.2, 0.25) is 5.91 Å². The Labute approximate surface area is 112 Å². The summed E-state index contributed by atoms with van der Waals surface area (Å²) in [5, 5.41) is 11.8. The SMILES string of the molecule is CC(C)(NC(=O)C([Si](C)(C)C)[Si](C)(C)C)C(=O)O. The molecule has 0 aliphatic heterocycles. The van der Waals surface area contributed by atoms with Gasteiger partial charge in [0.25, 0.3) is 0 Å². The molecule has 0 spiro atoms. The molecule has 0 atom stereocenters. The number of aliphatic carboxylic acids is 1. The van der Waals surface area contributed by atoms with Crippen molar-refractivity contribution in [2.45, 2.75) is 63.8 Å². The summed E-state index contributed by atoms with van der Waals surface area (Å²) in [5.74, 6) is -1.08. The monoisotopic (exact) mass is 289 g/mol. The average molecular weight is 290 g/mol. The van der Waals surface area contributed by atoms with Gasteiger partial charge in [0.15, 0.2) is 0 Å². The van der Waals surface area contributed by atoms with Crippen molar-refractivity contribution in [2.75, 3.05) is 0 Å². The first-order valence-corrected chi connectivity index (χ1v) is 13.4. The smallest absolute Gasteiger partial charge is 0.328 e. The maximum Gasteiger partial charge on any atom is 0.328 e. The van der Waals surface area contributed by atoms with Gasteiger partial charge in [0, 0.05) is 5.16 Å². The van der Waals surface area contributed by atoms with Gasteiger partial charge >= 0.3 is 5.97 Å². The molecule has 106 valence electrons. The van der Waals surface area contributed by atoms with E-state index < -0.39 is 27.7 Å². The number of carbonyl (C=O) groups is 2. The summed E-state index contributed by atoms with van der Waals surface area (Å²) in [6.45, 7) is 16.1. The number of nitrogens with one attached hydrogen (secondary N) is 1. The Balaban J connectivity index is 5.21. The van der Waals surface area contributed by atoms with Crippen LogP contribution in [-0.4, -0.2) is 38.7 Å². The zero-order valence-corrected chi connectivity index (χ0v) is 14.8. The Morgan fingerprint density at radius 3 is 1.56 bits per heavy atom. The van der Waals surface area contributed by atoms with E-state index >= 15 is 0 Å². The summed E-state index contributed by atoms with van der Waals surface area (Å²) in [6, 6.07) is 0. The van der Waals surface area contributed by atoms with Gasteiger partial charge in [-0.25, -0.2) is 4.79 Å². The highest BCUT2D eigenvalue weighted by molar-refractivity contribution is 7.00. The van der Waals surface area contributed by atoms with Crippen LogP contribution in [-0.2, 0) is 9.59 Å². The highest BCUT2D eigenvalue weighted by Gasteiger charge is 2.44. The second-order valence-corrected chi connectivity index (χ2v) is 18.8. The number of hydrogen-bond acceptors (Lipinski definition) is 2. The van der Waals surface area contributed by atoms with Crippen molar-refractivity contribution in [3.8, 4) is 0 Å². The van der Waals surface area contributed by atoms with Crippen molar-refractivity contribution < 1.29 is 14.7 Å². The maximum atomic E-state index is 12.5. The molecule has 4 nitrogen and oxygen atoms in total. The van der Waals surface area contributed by atoms with Gasteiger partial charge in [0.1, 0.15) is 5.54 Å². The third-order valence-electron chi connectivity index (χ3n) is 2.96. The lowest BCUT2D eigenvalue weighted by Crippen LogP contribution is -2.58. The summed E-state index contributed by atoms with van der Waals surface area (Å²) in [6.07, 6.45) is 0. The van der Waals surface area contributed by atoms with E-state index in [0.29, 0.717) is 0 Å². The molecule has 0 fully saturated rings. The average Bonchev–Trinajstić information content (AvgIpc) is 1.94. The number of carboxylic acids is 1. The Morgan fingerprint density at radius 2 is 1.33 bits per heavy atom. The minimum Gasteiger partial charge on any atom is -0.480 e. The third kappa shape index (κ3) is 4.57. The van der Waals surface area contributed by atoms with Crippen molar-refractivity contribution in [1.29, 1.82) is 0 Å². The molecule has 18 heavy (non-hydrogen) atoms. The number of amides is 1. The number of rotatable bonds is 5. The molecule has 0 saturated carbocycles. The standard InChI is InChI=1S/C12H27NO3Si2/c1-12(2,11(15)16)13-9(14)10(17(3,4)5)18(6,7)8/h10H,1-8H3,(H,13,14)(H,15,16). The Bertz CT molecular complexity index is 326. The van der Waals surface area contributed by atoms with Crippen LogP contribution in [0.5, 0.6) is 0 Å². The highest BCUT2D eigenvalue weighted by atomic mass is 28.4. The Hall–Kier alpha value is -0.626. The van der Waals surface area contributed by atoms with Crippen molar-refractivity contribution in [3.63, 3.8) is 0 Å². The quantitative estimate of drug-likeness (QED) is 0.764. The van der Waals surface area contributed by atoms with E-state index in [1.165, 1.54) is 13.8 Å². The summed E-state index contributed by atoms with van der Waals surface area (Å²) in [5.41, 5.74) is -1.20. The predicted molar refractivity (Wildman–Crippen MR) is 80.3 cm³/mol. The van der Waals surface area contributed by atoms with Gasteiger partial charge in [0.05, 0.1) is 16.1 Å². The molecule has 0 unspecified atom stereocenters. The fraction of sp³-hybridized carbons (Fsp3) is 0.833. The molecule has 0 aromatic heterocycles. The lowest BCUT2D eigenvalue weighted by molar-refractivity contribution is -0.145. The zero-order chi connectivity index (χ0) is 14.9. The molecule has 1 amide bonds. The second kappa shape index (κ2) is 5.16. The van der Waals surface area contributed by atoms with Crippen molar-refractivity contribution in [2.24, 2.45) is 0 Å². The first kappa shape index (κ1) is 17.4. The molecule has 6 heteroatoms. The minimum atomic E-state index is -1.66. The highest BCUT2D eigenvalue weighted by Crippen LogP contribution is 2.32. The molecule has 0 aliphatic rings. The fourth-order valence-electron chi connectivity index (χ4n) is 2.52. The molecular weight excluding hydrogens is 262 g/mol. The maximum absolute atomic E-state index is 12.5. The Kier molecular flexibility index (Phi) is 4.98. The van der Waals surface area contributed by atoms with Crippen LogP contribution in [0.1, 0.15) is 13.8 Å². The fourth-order valence-corrected chi connectivity index (χ4v) is 14.6. The predicted octanol–water partition coefficient (Wildman–Crippen LogP) is 2.55. The molecule has 0 aromatic carbocycles. The van der Waals surface area contributed by atoms with E-state index in [-0.39, 0.29) is 11.1 Å². The van der Waals surface area contributed by atoms with E-state index in [0.717, 1.165) is 0 Å². The summed E-state index contributed by atoms with van der Waals surface area (Å²) in [7, 11) is -3.33. The molecule has 0 saturated heterocycles. The minimum absolute atomic E-state index is 0.0172. The van der Waals surface area contributed by atoms with Crippen LogP contribution in [0.4, 0.5) is 0 Å². The first-order valence-electron chi connectivity index (χ1n) is 6.25. The van der Waals surface area contributed by atoms with Crippen molar-refractivity contribution in [3.05, 3.63) is 0 Å². The summed E-state index contributed by atoms with van der Waals surface area (Å²) < 4.78 is 0. The van der Waals surface area contributed by atoms with Crippen LogP contribution in [0, 0.1) is 0 Å². The number of carbonyl (C=O) groups excluding carboxylic acids is 1. The third-order valence-corrected chi connectivity index (χ3v) is 12.1. The lowest BCUT2D eigenvalue weighted by atomic mass is 10.1. The summed E-state index contributed by atoms with van der Waals surface area (Å²) >= 11 is 0. The van der Waals surface area contributed by atoms with Gasteiger partial charge in [-0.3, -0.25) is 4.79 Å². The van der Waals surface area contributed by atoms with E-state index in [2.05, 4.69) is 44.6 Å². The topological polar surface area (TPSA) is 66.4 Å². The van der Waals surface area contributed by atoms with Gasteiger partial charge < -0.3 is 10.4 Å². The van der Waals surface area contributed by atoms with Crippen LogP contribution in [0.15, 0.2) is 0 Å². The normalized spacial score (nSPS) is 13.6. The van der Waals surface area contributed by atoms with E-state index in [4.69, 9.17) is 5.11 Å². The van der Waals surface area contributed by atoms with Crippen molar-refractivity contribution >= 4 is 28.0 Å². The van der Waals surface area contributed by atoms with Crippen LogP contribution in [0.25, 0.3) is 0 Å². The lowest BCUT2D eigenvalue weighted by Gasteiger charge is -2.38. The molecule has 0 radical (unpaired) electrons. The molecule has 0 aliphatic carbocycles.